The Bertz CT molecular complexity index is 899. The van der Waals surface area contributed by atoms with Crippen molar-refractivity contribution < 1.29 is 24.2 Å². The maximum atomic E-state index is 12.3. The van der Waals surface area contributed by atoms with E-state index in [1.165, 1.54) is 0 Å². The number of aryl methyl sites for hydroxylation is 2. The van der Waals surface area contributed by atoms with Gasteiger partial charge in [0.1, 0.15) is 11.3 Å². The van der Waals surface area contributed by atoms with E-state index in [0.717, 1.165) is 23.8 Å². The topological polar surface area (TPSA) is 117 Å². The highest BCUT2D eigenvalue weighted by atomic mass is 16.4. The fraction of sp³-hybridized carbons (Fsp3) is 0.450. The molecule has 0 radical (unpaired) electrons. The molecule has 0 aliphatic rings. The van der Waals surface area contributed by atoms with Crippen LogP contribution >= 0.6 is 0 Å². The number of benzene rings is 1. The van der Waals surface area contributed by atoms with Gasteiger partial charge in [-0.25, -0.2) is 4.79 Å². The average molecular weight is 375 g/mol. The van der Waals surface area contributed by atoms with Gasteiger partial charge in [0.05, 0.1) is 0 Å². The van der Waals surface area contributed by atoms with E-state index >= 15 is 0 Å². The van der Waals surface area contributed by atoms with E-state index in [0.29, 0.717) is 29.7 Å². The number of carboxylic acid groups (broad SMARTS) is 1. The summed E-state index contributed by atoms with van der Waals surface area (Å²) in [5, 5.41) is 21.9. The maximum absolute atomic E-state index is 12.3. The van der Waals surface area contributed by atoms with Gasteiger partial charge in [-0.1, -0.05) is 6.42 Å². The van der Waals surface area contributed by atoms with Crippen molar-refractivity contribution in [3.8, 4) is 5.75 Å². The Balaban J connectivity index is 1.93. The van der Waals surface area contributed by atoms with Gasteiger partial charge in [-0.2, -0.15) is 0 Å². The predicted molar refractivity (Wildman–Crippen MR) is 101 cm³/mol. The number of amides is 1. The van der Waals surface area contributed by atoms with Crippen LogP contribution in [0.15, 0.2) is 21.3 Å². The lowest BCUT2D eigenvalue weighted by molar-refractivity contribution is -0.137. The van der Waals surface area contributed by atoms with Crippen LogP contribution in [0.25, 0.3) is 11.0 Å². The second-order valence-corrected chi connectivity index (χ2v) is 6.63. The summed E-state index contributed by atoms with van der Waals surface area (Å²) >= 11 is 0. The summed E-state index contributed by atoms with van der Waals surface area (Å²) in [5.74, 6) is -0.899. The van der Waals surface area contributed by atoms with Gasteiger partial charge in [-0.05, 0) is 50.8 Å². The molecule has 146 valence electrons. The summed E-state index contributed by atoms with van der Waals surface area (Å²) in [4.78, 5) is 34.7. The zero-order valence-corrected chi connectivity index (χ0v) is 15.6. The second kappa shape index (κ2) is 9.21. The van der Waals surface area contributed by atoms with Crippen molar-refractivity contribution in [1.82, 2.24) is 5.32 Å². The molecule has 1 heterocycles. The number of unbranched alkanes of at least 4 members (excludes halogenated alkanes) is 2. The zero-order chi connectivity index (χ0) is 20.0. The third-order valence-electron chi connectivity index (χ3n) is 4.67. The van der Waals surface area contributed by atoms with E-state index < -0.39 is 11.6 Å². The van der Waals surface area contributed by atoms with Crippen molar-refractivity contribution in [3.05, 3.63) is 39.2 Å². The minimum Gasteiger partial charge on any atom is -0.508 e. The van der Waals surface area contributed by atoms with Gasteiger partial charge in [0, 0.05) is 35.9 Å². The molecular formula is C20H25NO6. The first-order valence-corrected chi connectivity index (χ1v) is 9.04. The van der Waals surface area contributed by atoms with Crippen molar-refractivity contribution in [2.45, 2.75) is 52.4 Å². The summed E-state index contributed by atoms with van der Waals surface area (Å²) in [6, 6.07) is 3.27. The third kappa shape index (κ3) is 5.32. The number of aromatic hydroxyl groups is 1. The Morgan fingerprint density at radius 3 is 2.52 bits per heavy atom. The average Bonchev–Trinajstić information content (AvgIpc) is 2.61. The van der Waals surface area contributed by atoms with Gasteiger partial charge >= 0.3 is 11.6 Å². The standard InChI is InChI=1S/C20H25NO6/c1-12-14-7-9-16(22)13(2)19(14)27-20(26)15(12)8-10-17(23)21-11-5-3-4-6-18(24)25/h7,9,22H,3-6,8,10-11H2,1-2H3,(H,21,23)(H,24,25). The molecule has 0 bridgehead atoms. The van der Waals surface area contributed by atoms with Crippen LogP contribution in [0.5, 0.6) is 5.75 Å². The van der Waals surface area contributed by atoms with Crippen LogP contribution in [0.2, 0.25) is 0 Å². The number of hydrogen-bond acceptors (Lipinski definition) is 5. The zero-order valence-electron chi connectivity index (χ0n) is 15.6. The quantitative estimate of drug-likeness (QED) is 0.458. The van der Waals surface area contributed by atoms with Crippen molar-refractivity contribution in [1.29, 1.82) is 0 Å². The number of phenolic OH excluding ortho intramolecular Hbond substituents is 1. The molecule has 7 nitrogen and oxygen atoms in total. The van der Waals surface area contributed by atoms with Crippen LogP contribution in [-0.4, -0.2) is 28.6 Å². The Kier molecular flexibility index (Phi) is 6.98. The molecule has 0 atom stereocenters. The lowest BCUT2D eigenvalue weighted by atomic mass is 10.0. The highest BCUT2D eigenvalue weighted by molar-refractivity contribution is 5.85. The van der Waals surface area contributed by atoms with Crippen LogP contribution in [0.4, 0.5) is 0 Å². The summed E-state index contributed by atoms with van der Waals surface area (Å²) in [6.45, 7) is 3.98. The van der Waals surface area contributed by atoms with Gasteiger partial charge in [-0.3, -0.25) is 9.59 Å². The van der Waals surface area contributed by atoms with E-state index in [1.54, 1.807) is 19.1 Å². The minimum atomic E-state index is -0.811. The Hall–Kier alpha value is -2.83. The molecule has 2 aromatic rings. The number of fused-ring (bicyclic) bond motifs is 1. The molecule has 3 N–H and O–H groups in total. The number of carbonyl (C=O) groups excluding carboxylic acids is 1. The molecule has 1 aromatic carbocycles. The van der Waals surface area contributed by atoms with E-state index in [2.05, 4.69) is 5.32 Å². The fourth-order valence-corrected chi connectivity index (χ4v) is 3.00. The van der Waals surface area contributed by atoms with E-state index in [9.17, 15) is 19.5 Å². The molecule has 27 heavy (non-hydrogen) atoms. The van der Waals surface area contributed by atoms with Crippen LogP contribution in [0.3, 0.4) is 0 Å². The fourth-order valence-electron chi connectivity index (χ4n) is 3.00. The van der Waals surface area contributed by atoms with Crippen LogP contribution < -0.4 is 10.9 Å². The molecule has 1 amide bonds. The van der Waals surface area contributed by atoms with E-state index in [1.807, 2.05) is 6.92 Å². The van der Waals surface area contributed by atoms with Crippen molar-refractivity contribution >= 4 is 22.8 Å². The van der Waals surface area contributed by atoms with Crippen LogP contribution in [-0.2, 0) is 16.0 Å². The van der Waals surface area contributed by atoms with Crippen molar-refractivity contribution in [2.75, 3.05) is 6.54 Å². The minimum absolute atomic E-state index is 0.0699. The Morgan fingerprint density at radius 2 is 1.81 bits per heavy atom. The highest BCUT2D eigenvalue weighted by Gasteiger charge is 2.15. The summed E-state index contributed by atoms with van der Waals surface area (Å²) in [5.41, 5.74) is 1.61. The Morgan fingerprint density at radius 1 is 1.07 bits per heavy atom. The van der Waals surface area contributed by atoms with Crippen molar-refractivity contribution in [2.24, 2.45) is 0 Å². The van der Waals surface area contributed by atoms with E-state index in [-0.39, 0.29) is 30.9 Å². The predicted octanol–water partition coefficient (Wildman–Crippen LogP) is 2.81. The molecule has 2 rings (SSSR count). The number of carbonyl (C=O) groups is 2. The third-order valence-corrected chi connectivity index (χ3v) is 4.67. The van der Waals surface area contributed by atoms with Gasteiger partial charge in [0.2, 0.25) is 5.91 Å². The summed E-state index contributed by atoms with van der Waals surface area (Å²) in [6.07, 6.45) is 2.64. The molecule has 7 heteroatoms. The molecular weight excluding hydrogens is 350 g/mol. The highest BCUT2D eigenvalue weighted by Crippen LogP contribution is 2.28. The SMILES string of the molecule is Cc1c(CCC(=O)NCCCCCC(=O)O)c(=O)oc2c(C)c(O)ccc12. The van der Waals surface area contributed by atoms with Crippen LogP contribution in [0.1, 0.15) is 48.8 Å². The molecule has 0 fully saturated rings. The first-order valence-electron chi connectivity index (χ1n) is 9.04. The van der Waals surface area contributed by atoms with Crippen LogP contribution in [0, 0.1) is 13.8 Å². The molecule has 0 saturated carbocycles. The number of phenols is 1. The first-order chi connectivity index (χ1) is 12.8. The second-order valence-electron chi connectivity index (χ2n) is 6.63. The molecule has 0 spiro atoms. The lowest BCUT2D eigenvalue weighted by Gasteiger charge is -2.10. The molecule has 0 unspecified atom stereocenters. The van der Waals surface area contributed by atoms with Gasteiger partial charge < -0.3 is 19.9 Å². The van der Waals surface area contributed by atoms with Gasteiger partial charge in [0.15, 0.2) is 0 Å². The largest absolute Gasteiger partial charge is 0.508 e. The van der Waals surface area contributed by atoms with Crippen molar-refractivity contribution in [3.63, 3.8) is 0 Å². The van der Waals surface area contributed by atoms with Gasteiger partial charge in [-0.15, -0.1) is 0 Å². The number of rotatable bonds is 9. The summed E-state index contributed by atoms with van der Waals surface area (Å²) in [7, 11) is 0. The van der Waals surface area contributed by atoms with E-state index in [4.69, 9.17) is 9.52 Å². The van der Waals surface area contributed by atoms with Gasteiger partial charge in [0.25, 0.3) is 0 Å². The first kappa shape index (κ1) is 20.5. The number of carboxylic acids is 1. The summed E-state index contributed by atoms with van der Waals surface area (Å²) < 4.78 is 5.37. The normalized spacial score (nSPS) is 10.9. The molecule has 0 aliphatic heterocycles. The monoisotopic (exact) mass is 375 g/mol. The molecule has 1 aromatic heterocycles. The Labute approximate surface area is 157 Å². The number of aliphatic carboxylic acids is 1. The number of hydrogen-bond donors (Lipinski definition) is 3. The molecule has 0 saturated heterocycles. The number of nitrogens with one attached hydrogen (secondary N) is 1. The lowest BCUT2D eigenvalue weighted by Crippen LogP contribution is -2.25. The maximum Gasteiger partial charge on any atom is 0.339 e. The smallest absolute Gasteiger partial charge is 0.339 e. The molecule has 0 aliphatic carbocycles.